The molecule has 4 nitrogen and oxygen atoms in total. The minimum atomic E-state index is 0.462. The van der Waals surface area contributed by atoms with Crippen molar-refractivity contribution in [3.63, 3.8) is 0 Å². The molecule has 0 fully saturated rings. The molecule has 0 aromatic heterocycles. The Hall–Kier alpha value is -1.50. The molecule has 1 aromatic carbocycles. The number of hydrogen-bond acceptors (Lipinski definition) is 6. The third-order valence-electron chi connectivity index (χ3n) is 1.45. The Morgan fingerprint density at radius 1 is 0.929 bits per heavy atom. The summed E-state index contributed by atoms with van der Waals surface area (Å²) in [6, 6.07) is 3.20. The van der Waals surface area contributed by atoms with E-state index in [4.69, 9.17) is 22.0 Å². The number of nitrogen functional groups attached to an aromatic ring is 2. The van der Waals surface area contributed by atoms with Crippen LogP contribution >= 0.6 is 23.5 Å². The van der Waals surface area contributed by atoms with Gasteiger partial charge in [-0.25, -0.2) is 0 Å². The zero-order valence-corrected chi connectivity index (χ0v) is 8.65. The molecule has 0 spiro atoms. The number of hydrogen-bond donors (Lipinski definition) is 2. The fraction of sp³-hybridized carbons (Fsp3) is 0. The number of nitriles is 2. The molecular formula is C8H6N4S2. The van der Waals surface area contributed by atoms with Gasteiger partial charge in [-0.3, -0.25) is 0 Å². The molecule has 0 bridgehead atoms. The van der Waals surface area contributed by atoms with Crippen LogP contribution in [0.25, 0.3) is 0 Å². The highest BCUT2D eigenvalue weighted by atomic mass is 32.2. The molecule has 0 aliphatic heterocycles. The molecule has 0 saturated carbocycles. The van der Waals surface area contributed by atoms with Crippen molar-refractivity contribution in [1.29, 1.82) is 10.5 Å². The van der Waals surface area contributed by atoms with Crippen LogP contribution in [0.15, 0.2) is 21.9 Å². The highest BCUT2D eigenvalue weighted by molar-refractivity contribution is 8.04. The van der Waals surface area contributed by atoms with Gasteiger partial charge in [0.25, 0.3) is 0 Å². The number of thiocyanates is 2. The SMILES string of the molecule is N#CSc1cc(N)c(SC#N)cc1N. The number of nitrogens with zero attached hydrogens (tertiary/aromatic N) is 2. The summed E-state index contributed by atoms with van der Waals surface area (Å²) in [5, 5.41) is 20.8. The van der Waals surface area contributed by atoms with Crippen LogP contribution in [0.2, 0.25) is 0 Å². The van der Waals surface area contributed by atoms with Crippen molar-refractivity contribution >= 4 is 34.9 Å². The van der Waals surface area contributed by atoms with Crippen molar-refractivity contribution in [2.24, 2.45) is 0 Å². The maximum atomic E-state index is 8.47. The molecule has 1 rings (SSSR count). The fourth-order valence-corrected chi connectivity index (χ4v) is 1.79. The number of thioether (sulfide) groups is 2. The van der Waals surface area contributed by atoms with Crippen LogP contribution in [0.3, 0.4) is 0 Å². The molecule has 0 radical (unpaired) electrons. The van der Waals surface area contributed by atoms with E-state index in [0.29, 0.717) is 21.2 Å². The highest BCUT2D eigenvalue weighted by Crippen LogP contribution is 2.33. The summed E-state index contributed by atoms with van der Waals surface area (Å²) in [7, 11) is 0. The van der Waals surface area contributed by atoms with Crippen LogP contribution < -0.4 is 11.5 Å². The predicted octanol–water partition coefficient (Wildman–Crippen LogP) is 2.00. The molecule has 70 valence electrons. The van der Waals surface area contributed by atoms with Gasteiger partial charge in [-0.15, -0.1) is 0 Å². The zero-order valence-electron chi connectivity index (χ0n) is 7.02. The lowest BCUT2D eigenvalue weighted by molar-refractivity contribution is 1.37. The van der Waals surface area contributed by atoms with Crippen molar-refractivity contribution in [2.75, 3.05) is 11.5 Å². The standard InChI is InChI=1S/C8H6N4S2/c9-3-13-7-1-5(11)8(14-4-10)2-6(7)12/h1-2H,11-12H2. The molecule has 1 aromatic rings. The number of anilines is 2. The van der Waals surface area contributed by atoms with E-state index >= 15 is 0 Å². The summed E-state index contributed by atoms with van der Waals surface area (Å²) >= 11 is 1.90. The summed E-state index contributed by atoms with van der Waals surface area (Å²) in [6.45, 7) is 0. The largest absolute Gasteiger partial charge is 0.398 e. The van der Waals surface area contributed by atoms with Crippen molar-refractivity contribution in [3.8, 4) is 10.8 Å². The summed E-state index contributed by atoms with van der Waals surface area (Å²) < 4.78 is 0. The van der Waals surface area contributed by atoms with E-state index in [9.17, 15) is 0 Å². The Morgan fingerprint density at radius 3 is 1.57 bits per heavy atom. The third kappa shape index (κ3) is 2.25. The van der Waals surface area contributed by atoms with Crippen LogP contribution in [-0.2, 0) is 0 Å². The number of rotatable bonds is 2. The zero-order chi connectivity index (χ0) is 10.6. The van der Waals surface area contributed by atoms with Crippen molar-refractivity contribution < 1.29 is 0 Å². The maximum Gasteiger partial charge on any atom is 0.138 e. The number of benzene rings is 1. The first-order chi connectivity index (χ1) is 6.69. The highest BCUT2D eigenvalue weighted by Gasteiger charge is 2.06. The molecule has 0 unspecified atom stereocenters. The number of nitrogens with two attached hydrogens (primary N) is 2. The van der Waals surface area contributed by atoms with Crippen LogP contribution in [0.4, 0.5) is 11.4 Å². The molecule has 6 heteroatoms. The third-order valence-corrected chi connectivity index (χ3v) is 2.78. The van der Waals surface area contributed by atoms with Gasteiger partial charge in [-0.2, -0.15) is 10.5 Å². The van der Waals surface area contributed by atoms with Crippen LogP contribution in [0, 0.1) is 21.3 Å². The van der Waals surface area contributed by atoms with Crippen LogP contribution in [0.5, 0.6) is 0 Å². The topological polar surface area (TPSA) is 99.6 Å². The normalized spacial score (nSPS) is 9.00. The van der Waals surface area contributed by atoms with E-state index in [0.717, 1.165) is 23.5 Å². The maximum absolute atomic E-state index is 8.47. The lowest BCUT2D eigenvalue weighted by Crippen LogP contribution is -1.94. The Kier molecular flexibility index (Phi) is 3.52. The minimum absolute atomic E-state index is 0.462. The van der Waals surface area contributed by atoms with Gasteiger partial charge in [-0.05, 0) is 35.7 Å². The quantitative estimate of drug-likeness (QED) is 0.451. The molecule has 0 atom stereocenters. The Bertz CT molecular complexity index is 388. The second-order valence-electron chi connectivity index (χ2n) is 2.31. The predicted molar refractivity (Wildman–Crippen MR) is 58.2 cm³/mol. The average Bonchev–Trinajstić information content (AvgIpc) is 2.14. The summed E-state index contributed by atoms with van der Waals surface area (Å²) in [6.07, 6.45) is 0. The summed E-state index contributed by atoms with van der Waals surface area (Å²) in [5.74, 6) is 0. The molecule has 4 N–H and O–H groups in total. The lowest BCUT2D eigenvalue weighted by atomic mass is 10.3. The van der Waals surface area contributed by atoms with Gasteiger partial charge in [0, 0.05) is 21.2 Å². The van der Waals surface area contributed by atoms with Gasteiger partial charge in [-0.1, -0.05) is 0 Å². The molecular weight excluding hydrogens is 216 g/mol. The van der Waals surface area contributed by atoms with E-state index in [1.54, 1.807) is 12.1 Å². The summed E-state index contributed by atoms with van der Waals surface area (Å²) in [5.41, 5.74) is 12.2. The van der Waals surface area contributed by atoms with Gasteiger partial charge < -0.3 is 11.5 Å². The first kappa shape index (κ1) is 10.6. The van der Waals surface area contributed by atoms with Gasteiger partial charge in [0.05, 0.1) is 0 Å². The molecule has 0 saturated heterocycles. The van der Waals surface area contributed by atoms with E-state index in [-0.39, 0.29) is 0 Å². The molecule has 0 aliphatic rings. The summed E-state index contributed by atoms with van der Waals surface area (Å²) in [4.78, 5) is 1.24. The fourth-order valence-electron chi connectivity index (χ4n) is 0.867. The molecule has 0 heterocycles. The molecule has 0 aliphatic carbocycles. The average molecular weight is 222 g/mol. The first-order valence-electron chi connectivity index (χ1n) is 3.50. The Morgan fingerprint density at radius 2 is 1.29 bits per heavy atom. The van der Waals surface area contributed by atoms with Gasteiger partial charge in [0.15, 0.2) is 0 Å². The van der Waals surface area contributed by atoms with Gasteiger partial charge in [0.2, 0.25) is 0 Å². The van der Waals surface area contributed by atoms with E-state index in [1.807, 2.05) is 10.8 Å². The van der Waals surface area contributed by atoms with Crippen LogP contribution in [0.1, 0.15) is 0 Å². The molecule has 14 heavy (non-hydrogen) atoms. The monoisotopic (exact) mass is 222 g/mol. The minimum Gasteiger partial charge on any atom is -0.398 e. The van der Waals surface area contributed by atoms with E-state index in [2.05, 4.69) is 0 Å². The van der Waals surface area contributed by atoms with Crippen molar-refractivity contribution in [2.45, 2.75) is 9.79 Å². The van der Waals surface area contributed by atoms with E-state index < -0.39 is 0 Å². The van der Waals surface area contributed by atoms with Gasteiger partial charge in [0.1, 0.15) is 10.8 Å². The van der Waals surface area contributed by atoms with Crippen molar-refractivity contribution in [3.05, 3.63) is 12.1 Å². The lowest BCUT2D eigenvalue weighted by Gasteiger charge is -2.05. The van der Waals surface area contributed by atoms with Crippen molar-refractivity contribution in [1.82, 2.24) is 0 Å². The second-order valence-corrected chi connectivity index (χ2v) is 3.97. The smallest absolute Gasteiger partial charge is 0.138 e. The van der Waals surface area contributed by atoms with E-state index in [1.165, 1.54) is 0 Å². The second kappa shape index (κ2) is 4.66. The first-order valence-corrected chi connectivity index (χ1v) is 5.13. The van der Waals surface area contributed by atoms with Gasteiger partial charge >= 0.3 is 0 Å². The Labute approximate surface area is 89.9 Å². The molecule has 0 amide bonds. The van der Waals surface area contributed by atoms with Crippen LogP contribution in [-0.4, -0.2) is 0 Å². The Balaban J connectivity index is 3.13.